The summed E-state index contributed by atoms with van der Waals surface area (Å²) in [4.78, 5) is 4.24. The van der Waals surface area contributed by atoms with Crippen molar-refractivity contribution < 1.29 is 0 Å². The smallest absolute Gasteiger partial charge is 0.155 e. The Balaban J connectivity index is 1.86. The molecule has 0 spiro atoms. The second kappa shape index (κ2) is 3.75. The topological polar surface area (TPSA) is 68.2 Å². The molecule has 1 saturated heterocycles. The van der Waals surface area contributed by atoms with Gasteiger partial charge in [0.15, 0.2) is 5.65 Å². The molecule has 1 fully saturated rings. The standard InChI is InChI=1S/C11H15N5/c12-9-6-14-11-4-10(15-16(11)7-9)3-8-1-2-13-5-8/h4,6-8,13H,1-3,5,12H2. The van der Waals surface area contributed by atoms with E-state index in [9.17, 15) is 0 Å². The first-order chi connectivity index (χ1) is 7.81. The van der Waals surface area contributed by atoms with Crippen molar-refractivity contribution in [3.8, 4) is 0 Å². The zero-order chi connectivity index (χ0) is 11.0. The first kappa shape index (κ1) is 9.59. The number of anilines is 1. The van der Waals surface area contributed by atoms with Crippen LogP contribution < -0.4 is 11.1 Å². The molecule has 1 aliphatic rings. The van der Waals surface area contributed by atoms with Crippen molar-refractivity contribution in [1.82, 2.24) is 19.9 Å². The van der Waals surface area contributed by atoms with Crippen LogP contribution in [0.25, 0.3) is 5.65 Å². The lowest BCUT2D eigenvalue weighted by atomic mass is 10.0. The van der Waals surface area contributed by atoms with Gasteiger partial charge in [-0.3, -0.25) is 0 Å². The molecule has 5 nitrogen and oxygen atoms in total. The van der Waals surface area contributed by atoms with Crippen molar-refractivity contribution in [2.75, 3.05) is 18.8 Å². The third kappa shape index (κ3) is 1.74. The molecule has 0 amide bonds. The van der Waals surface area contributed by atoms with Gasteiger partial charge >= 0.3 is 0 Å². The number of nitrogens with two attached hydrogens (primary N) is 1. The molecule has 0 saturated carbocycles. The fourth-order valence-corrected chi connectivity index (χ4v) is 2.22. The van der Waals surface area contributed by atoms with E-state index in [1.165, 1.54) is 6.42 Å². The minimum Gasteiger partial charge on any atom is -0.396 e. The summed E-state index contributed by atoms with van der Waals surface area (Å²) in [5.41, 5.74) is 8.28. The lowest BCUT2D eigenvalue weighted by molar-refractivity contribution is 0.569. The fraction of sp³-hybridized carbons (Fsp3) is 0.455. The van der Waals surface area contributed by atoms with Crippen LogP contribution in [0.1, 0.15) is 12.1 Å². The second-order valence-electron chi connectivity index (χ2n) is 4.39. The van der Waals surface area contributed by atoms with E-state index in [0.717, 1.165) is 30.9 Å². The molecule has 0 bridgehead atoms. The quantitative estimate of drug-likeness (QED) is 0.767. The van der Waals surface area contributed by atoms with Crippen LogP contribution >= 0.6 is 0 Å². The molecule has 0 aromatic carbocycles. The molecule has 3 N–H and O–H groups in total. The Morgan fingerprint density at radius 3 is 3.31 bits per heavy atom. The van der Waals surface area contributed by atoms with Gasteiger partial charge in [-0.1, -0.05) is 0 Å². The van der Waals surface area contributed by atoms with Crippen molar-refractivity contribution in [3.05, 3.63) is 24.2 Å². The molecule has 84 valence electrons. The summed E-state index contributed by atoms with van der Waals surface area (Å²) in [6.07, 6.45) is 5.73. The number of nitrogen functional groups attached to an aromatic ring is 1. The highest BCUT2D eigenvalue weighted by atomic mass is 15.2. The van der Waals surface area contributed by atoms with Crippen molar-refractivity contribution in [2.24, 2.45) is 5.92 Å². The molecule has 2 aromatic rings. The number of fused-ring (bicyclic) bond motifs is 1. The molecular formula is C11H15N5. The molecule has 0 radical (unpaired) electrons. The minimum absolute atomic E-state index is 0.643. The average Bonchev–Trinajstić information content (AvgIpc) is 2.86. The molecule has 16 heavy (non-hydrogen) atoms. The Hall–Kier alpha value is -1.62. The molecule has 1 unspecified atom stereocenters. The lowest BCUT2D eigenvalue weighted by Crippen LogP contribution is -2.10. The monoisotopic (exact) mass is 217 g/mol. The van der Waals surface area contributed by atoms with E-state index >= 15 is 0 Å². The Morgan fingerprint density at radius 1 is 1.56 bits per heavy atom. The van der Waals surface area contributed by atoms with Gasteiger partial charge in [0.2, 0.25) is 0 Å². The largest absolute Gasteiger partial charge is 0.396 e. The summed E-state index contributed by atoms with van der Waals surface area (Å²) in [7, 11) is 0. The van der Waals surface area contributed by atoms with E-state index in [0.29, 0.717) is 11.6 Å². The van der Waals surface area contributed by atoms with E-state index in [1.807, 2.05) is 6.07 Å². The van der Waals surface area contributed by atoms with Crippen LogP contribution in [0.4, 0.5) is 5.69 Å². The van der Waals surface area contributed by atoms with Crippen molar-refractivity contribution >= 4 is 11.3 Å². The highest BCUT2D eigenvalue weighted by Gasteiger charge is 2.16. The molecule has 0 aliphatic carbocycles. The molecule has 5 heteroatoms. The van der Waals surface area contributed by atoms with Gasteiger partial charge in [-0.15, -0.1) is 0 Å². The Morgan fingerprint density at radius 2 is 2.50 bits per heavy atom. The first-order valence-electron chi connectivity index (χ1n) is 5.62. The second-order valence-corrected chi connectivity index (χ2v) is 4.39. The van der Waals surface area contributed by atoms with Crippen LogP contribution in [-0.4, -0.2) is 27.7 Å². The summed E-state index contributed by atoms with van der Waals surface area (Å²) in [5.74, 6) is 0.710. The molecular weight excluding hydrogens is 202 g/mol. The zero-order valence-corrected chi connectivity index (χ0v) is 9.06. The molecule has 2 aromatic heterocycles. The van der Waals surface area contributed by atoms with Crippen molar-refractivity contribution in [1.29, 1.82) is 0 Å². The Bertz CT molecular complexity index is 498. The van der Waals surface area contributed by atoms with Crippen LogP contribution in [0.2, 0.25) is 0 Å². The maximum Gasteiger partial charge on any atom is 0.155 e. The van der Waals surface area contributed by atoms with Crippen molar-refractivity contribution in [2.45, 2.75) is 12.8 Å². The maximum atomic E-state index is 5.66. The zero-order valence-electron chi connectivity index (χ0n) is 9.06. The summed E-state index contributed by atoms with van der Waals surface area (Å²) >= 11 is 0. The van der Waals surface area contributed by atoms with Gasteiger partial charge in [0, 0.05) is 6.07 Å². The summed E-state index contributed by atoms with van der Waals surface area (Å²) in [6, 6.07) is 2.04. The SMILES string of the molecule is Nc1cnc2cc(CC3CCNC3)nn2c1. The van der Waals surface area contributed by atoms with E-state index in [4.69, 9.17) is 5.73 Å². The van der Waals surface area contributed by atoms with Gasteiger partial charge in [0.25, 0.3) is 0 Å². The normalized spacial score (nSPS) is 20.6. The van der Waals surface area contributed by atoms with Gasteiger partial charge in [-0.25, -0.2) is 9.50 Å². The molecule has 1 aliphatic heterocycles. The van der Waals surface area contributed by atoms with E-state index in [-0.39, 0.29) is 0 Å². The predicted octanol–water partition coefficient (Wildman–Crippen LogP) is 0.463. The third-order valence-corrected chi connectivity index (χ3v) is 3.04. The molecule has 3 heterocycles. The number of nitrogens with zero attached hydrogens (tertiary/aromatic N) is 3. The van der Waals surface area contributed by atoms with E-state index in [1.54, 1.807) is 16.9 Å². The van der Waals surface area contributed by atoms with E-state index in [2.05, 4.69) is 15.4 Å². The average molecular weight is 217 g/mol. The number of hydrogen-bond donors (Lipinski definition) is 2. The van der Waals surface area contributed by atoms with Crippen LogP contribution in [0.3, 0.4) is 0 Å². The van der Waals surface area contributed by atoms with Crippen LogP contribution in [0.15, 0.2) is 18.5 Å². The summed E-state index contributed by atoms with van der Waals surface area (Å²) in [6.45, 7) is 2.23. The number of aromatic nitrogens is 3. The fourth-order valence-electron chi connectivity index (χ4n) is 2.22. The lowest BCUT2D eigenvalue weighted by Gasteiger charge is -2.03. The highest BCUT2D eigenvalue weighted by molar-refractivity contribution is 5.44. The summed E-state index contributed by atoms with van der Waals surface area (Å²) in [5, 5.41) is 7.85. The first-order valence-corrected chi connectivity index (χ1v) is 5.62. The van der Waals surface area contributed by atoms with Gasteiger partial charge in [-0.2, -0.15) is 5.10 Å². The number of hydrogen-bond acceptors (Lipinski definition) is 4. The molecule has 3 rings (SSSR count). The number of nitrogens with one attached hydrogen (secondary N) is 1. The molecule has 1 atom stereocenters. The van der Waals surface area contributed by atoms with Crippen LogP contribution in [0, 0.1) is 5.92 Å². The van der Waals surface area contributed by atoms with Gasteiger partial charge in [-0.05, 0) is 31.8 Å². The summed E-state index contributed by atoms with van der Waals surface area (Å²) < 4.78 is 1.76. The third-order valence-electron chi connectivity index (χ3n) is 3.04. The van der Waals surface area contributed by atoms with Crippen LogP contribution in [-0.2, 0) is 6.42 Å². The highest BCUT2D eigenvalue weighted by Crippen LogP contribution is 2.15. The van der Waals surface area contributed by atoms with E-state index < -0.39 is 0 Å². The Labute approximate surface area is 93.7 Å². The van der Waals surface area contributed by atoms with Gasteiger partial charge < -0.3 is 11.1 Å². The maximum absolute atomic E-state index is 5.66. The van der Waals surface area contributed by atoms with Gasteiger partial charge in [0.05, 0.1) is 23.8 Å². The van der Waals surface area contributed by atoms with Gasteiger partial charge in [0.1, 0.15) is 0 Å². The Kier molecular flexibility index (Phi) is 2.25. The van der Waals surface area contributed by atoms with Crippen LogP contribution in [0.5, 0.6) is 0 Å². The predicted molar refractivity (Wildman–Crippen MR) is 62.1 cm³/mol. The number of rotatable bonds is 2. The minimum atomic E-state index is 0.643. The van der Waals surface area contributed by atoms with Crippen molar-refractivity contribution in [3.63, 3.8) is 0 Å².